The molecule has 0 aromatic heterocycles. The van der Waals surface area contributed by atoms with Crippen molar-refractivity contribution in [1.29, 1.82) is 0 Å². The second-order valence-electron chi connectivity index (χ2n) is 3.44. The molecule has 0 amide bonds. The quantitative estimate of drug-likeness (QED) is 0.845. The Balaban J connectivity index is 2.31. The smallest absolute Gasteiger partial charge is 0.132 e. The molecule has 0 saturated carbocycles. The fourth-order valence-corrected chi connectivity index (χ4v) is 2.38. The van der Waals surface area contributed by atoms with Gasteiger partial charge in [0.1, 0.15) is 11.6 Å². The fraction of sp³-hybridized carbons (Fsp3) is 0.0769. The summed E-state index contributed by atoms with van der Waals surface area (Å²) in [5.41, 5.74) is 6.19. The van der Waals surface area contributed by atoms with Gasteiger partial charge < -0.3 is 10.5 Å². The second kappa shape index (κ2) is 5.10. The number of ether oxygens (including phenoxy) is 1. The number of hydrogen-bond acceptors (Lipinski definition) is 3. The van der Waals surface area contributed by atoms with Gasteiger partial charge in [-0.3, -0.25) is 0 Å². The third-order valence-electron chi connectivity index (χ3n) is 2.26. The summed E-state index contributed by atoms with van der Waals surface area (Å²) in [7, 11) is 1.62. The number of halogens is 1. The lowest BCUT2D eigenvalue weighted by molar-refractivity contribution is 0.405. The first kappa shape index (κ1) is 11.8. The maximum Gasteiger partial charge on any atom is 0.132 e. The SMILES string of the molecule is COc1ccccc1Sc1ccc(F)cc1N. The second-order valence-corrected chi connectivity index (χ2v) is 4.52. The van der Waals surface area contributed by atoms with Gasteiger partial charge in [-0.05, 0) is 30.3 Å². The molecule has 0 aliphatic carbocycles. The van der Waals surface area contributed by atoms with Crippen molar-refractivity contribution in [1.82, 2.24) is 0 Å². The number of nitrogen functional groups attached to an aromatic ring is 1. The van der Waals surface area contributed by atoms with Gasteiger partial charge in [0.2, 0.25) is 0 Å². The van der Waals surface area contributed by atoms with Crippen molar-refractivity contribution >= 4 is 17.4 Å². The van der Waals surface area contributed by atoms with Crippen molar-refractivity contribution in [2.75, 3.05) is 12.8 Å². The first-order chi connectivity index (χ1) is 8.20. The lowest BCUT2D eigenvalue weighted by Crippen LogP contribution is -1.91. The maximum atomic E-state index is 12.9. The van der Waals surface area contributed by atoms with E-state index in [1.54, 1.807) is 13.2 Å². The van der Waals surface area contributed by atoms with Crippen LogP contribution in [0.4, 0.5) is 10.1 Å². The predicted octanol–water partition coefficient (Wildman–Crippen LogP) is 3.57. The van der Waals surface area contributed by atoms with Crippen molar-refractivity contribution < 1.29 is 9.13 Å². The highest BCUT2D eigenvalue weighted by molar-refractivity contribution is 7.99. The normalized spacial score (nSPS) is 10.2. The molecule has 2 N–H and O–H groups in total. The first-order valence-electron chi connectivity index (χ1n) is 5.06. The number of para-hydroxylation sites is 1. The van der Waals surface area contributed by atoms with E-state index in [9.17, 15) is 4.39 Å². The average molecular weight is 249 g/mol. The van der Waals surface area contributed by atoms with Crippen molar-refractivity contribution in [3.8, 4) is 5.75 Å². The molecule has 0 unspecified atom stereocenters. The first-order valence-corrected chi connectivity index (χ1v) is 5.88. The summed E-state index contributed by atoms with van der Waals surface area (Å²) in [5, 5.41) is 0. The van der Waals surface area contributed by atoms with Gasteiger partial charge in [0.15, 0.2) is 0 Å². The predicted molar refractivity (Wildman–Crippen MR) is 67.9 cm³/mol. The van der Waals surface area contributed by atoms with Crippen molar-refractivity contribution in [3.63, 3.8) is 0 Å². The molecule has 0 atom stereocenters. The highest BCUT2D eigenvalue weighted by atomic mass is 32.2. The van der Waals surface area contributed by atoms with Crippen molar-refractivity contribution in [2.24, 2.45) is 0 Å². The molecular weight excluding hydrogens is 237 g/mol. The molecule has 0 heterocycles. The minimum atomic E-state index is -0.327. The van der Waals surface area contributed by atoms with E-state index < -0.39 is 0 Å². The summed E-state index contributed by atoms with van der Waals surface area (Å²) in [6.45, 7) is 0. The number of hydrogen-bond donors (Lipinski definition) is 1. The van der Waals surface area contributed by atoms with E-state index in [1.165, 1.54) is 23.9 Å². The number of benzene rings is 2. The molecule has 2 aromatic carbocycles. The number of methoxy groups -OCH3 is 1. The zero-order valence-corrected chi connectivity index (χ0v) is 10.1. The Morgan fingerprint density at radius 1 is 1.12 bits per heavy atom. The van der Waals surface area contributed by atoms with Crippen molar-refractivity contribution in [2.45, 2.75) is 9.79 Å². The summed E-state index contributed by atoms with van der Waals surface area (Å²) < 4.78 is 18.2. The molecule has 2 aromatic rings. The largest absolute Gasteiger partial charge is 0.496 e. The topological polar surface area (TPSA) is 35.2 Å². The number of rotatable bonds is 3. The minimum Gasteiger partial charge on any atom is -0.496 e. The Bertz CT molecular complexity index is 531. The molecule has 2 nitrogen and oxygen atoms in total. The molecule has 0 bridgehead atoms. The molecule has 0 radical (unpaired) electrons. The minimum absolute atomic E-state index is 0.327. The van der Waals surface area contributed by atoms with E-state index in [1.807, 2.05) is 24.3 Å². The van der Waals surface area contributed by atoms with Gasteiger partial charge in [0.05, 0.1) is 12.0 Å². The summed E-state index contributed by atoms with van der Waals surface area (Å²) in [6.07, 6.45) is 0. The van der Waals surface area contributed by atoms with Crippen LogP contribution in [-0.2, 0) is 0 Å². The van der Waals surface area contributed by atoms with Crippen LogP contribution in [-0.4, -0.2) is 7.11 Å². The van der Waals surface area contributed by atoms with Crippen LogP contribution >= 0.6 is 11.8 Å². The molecule has 0 spiro atoms. The summed E-state index contributed by atoms with van der Waals surface area (Å²) >= 11 is 1.46. The van der Waals surface area contributed by atoms with Gasteiger partial charge in [0, 0.05) is 10.6 Å². The Morgan fingerprint density at radius 3 is 2.59 bits per heavy atom. The summed E-state index contributed by atoms with van der Waals surface area (Å²) in [4.78, 5) is 1.77. The Labute approximate surface area is 104 Å². The third-order valence-corrected chi connectivity index (χ3v) is 3.41. The monoisotopic (exact) mass is 249 g/mol. The Hall–Kier alpha value is -1.68. The average Bonchev–Trinajstić information content (AvgIpc) is 2.33. The van der Waals surface area contributed by atoms with Crippen LogP contribution in [0.5, 0.6) is 5.75 Å². The fourth-order valence-electron chi connectivity index (χ4n) is 1.43. The maximum absolute atomic E-state index is 12.9. The van der Waals surface area contributed by atoms with Gasteiger partial charge in [-0.25, -0.2) is 4.39 Å². The van der Waals surface area contributed by atoms with Crippen LogP contribution < -0.4 is 10.5 Å². The van der Waals surface area contributed by atoms with Gasteiger partial charge in [-0.1, -0.05) is 23.9 Å². The van der Waals surface area contributed by atoms with Gasteiger partial charge >= 0.3 is 0 Å². The highest BCUT2D eigenvalue weighted by Gasteiger charge is 2.07. The van der Waals surface area contributed by atoms with Gasteiger partial charge in [-0.2, -0.15) is 0 Å². The number of nitrogens with two attached hydrogens (primary N) is 1. The van der Waals surface area contributed by atoms with E-state index in [4.69, 9.17) is 10.5 Å². The standard InChI is InChI=1S/C13H12FNOS/c1-16-11-4-2-3-5-13(11)17-12-7-6-9(14)8-10(12)15/h2-8H,15H2,1H3. The molecule has 88 valence electrons. The number of anilines is 1. The molecule has 0 aliphatic heterocycles. The molecule has 2 rings (SSSR count). The third kappa shape index (κ3) is 2.71. The molecule has 0 saturated heterocycles. The Kier molecular flexibility index (Phi) is 3.54. The zero-order valence-electron chi connectivity index (χ0n) is 9.31. The molecule has 0 fully saturated rings. The zero-order chi connectivity index (χ0) is 12.3. The van der Waals surface area contributed by atoms with Crippen LogP contribution in [0.3, 0.4) is 0 Å². The van der Waals surface area contributed by atoms with E-state index in [2.05, 4.69) is 0 Å². The van der Waals surface area contributed by atoms with Crippen molar-refractivity contribution in [3.05, 3.63) is 48.3 Å². The molecule has 17 heavy (non-hydrogen) atoms. The van der Waals surface area contributed by atoms with Crippen LogP contribution in [0.2, 0.25) is 0 Å². The van der Waals surface area contributed by atoms with E-state index in [0.29, 0.717) is 5.69 Å². The van der Waals surface area contributed by atoms with Crippen LogP contribution in [0.15, 0.2) is 52.3 Å². The van der Waals surface area contributed by atoms with E-state index >= 15 is 0 Å². The lowest BCUT2D eigenvalue weighted by Gasteiger charge is -2.09. The van der Waals surface area contributed by atoms with Crippen LogP contribution in [0.1, 0.15) is 0 Å². The molecule has 0 aliphatic rings. The van der Waals surface area contributed by atoms with Gasteiger partial charge in [0.25, 0.3) is 0 Å². The Morgan fingerprint density at radius 2 is 1.88 bits per heavy atom. The van der Waals surface area contributed by atoms with E-state index in [0.717, 1.165) is 15.5 Å². The van der Waals surface area contributed by atoms with Crippen LogP contribution in [0, 0.1) is 5.82 Å². The summed E-state index contributed by atoms with van der Waals surface area (Å²) in [5.74, 6) is 0.452. The molecular formula is C13H12FNOS. The van der Waals surface area contributed by atoms with Crippen LogP contribution in [0.25, 0.3) is 0 Å². The molecule has 4 heteroatoms. The summed E-state index contributed by atoms with van der Waals surface area (Å²) in [6, 6.07) is 12.0. The highest BCUT2D eigenvalue weighted by Crippen LogP contribution is 2.37. The van der Waals surface area contributed by atoms with E-state index in [-0.39, 0.29) is 5.82 Å². The lowest BCUT2D eigenvalue weighted by atomic mass is 10.3. The van der Waals surface area contributed by atoms with Gasteiger partial charge in [-0.15, -0.1) is 0 Å².